The van der Waals surface area contributed by atoms with Crippen LogP contribution >= 0.6 is 0 Å². The Balaban J connectivity index is 1.77. The normalized spacial score (nSPS) is 22.3. The standard InChI is InChI=1S/C18H30N6O/c1-18(2,3)16-20-17(21-25-16)23(5)12-13-8-7-11-22(4)15(13)14-9-10-19-24(14)6/h9-10,13,15H,7-8,11-12H2,1-6H3/t13-,15+/m0/s1. The van der Waals surface area contributed by atoms with Gasteiger partial charge in [0, 0.05) is 32.3 Å². The Morgan fingerprint density at radius 2 is 2.08 bits per heavy atom. The highest BCUT2D eigenvalue weighted by Gasteiger charge is 2.34. The zero-order valence-corrected chi connectivity index (χ0v) is 16.2. The fourth-order valence-electron chi connectivity index (χ4n) is 3.70. The molecular formula is C18H30N6O. The highest BCUT2D eigenvalue weighted by molar-refractivity contribution is 5.27. The van der Waals surface area contributed by atoms with Crippen LogP contribution in [0.5, 0.6) is 0 Å². The Morgan fingerprint density at radius 1 is 1.32 bits per heavy atom. The van der Waals surface area contributed by atoms with E-state index in [0.717, 1.165) is 13.1 Å². The van der Waals surface area contributed by atoms with Crippen molar-refractivity contribution in [3.05, 3.63) is 23.8 Å². The number of anilines is 1. The summed E-state index contributed by atoms with van der Waals surface area (Å²) in [6.07, 6.45) is 4.28. The quantitative estimate of drug-likeness (QED) is 0.848. The minimum Gasteiger partial charge on any atom is -0.341 e. The number of hydrogen-bond donors (Lipinski definition) is 0. The molecule has 0 N–H and O–H groups in total. The molecule has 0 saturated carbocycles. The van der Waals surface area contributed by atoms with E-state index in [1.807, 2.05) is 25.0 Å². The van der Waals surface area contributed by atoms with E-state index in [1.165, 1.54) is 18.5 Å². The fraction of sp³-hybridized carbons (Fsp3) is 0.722. The molecule has 0 radical (unpaired) electrons. The molecule has 1 fully saturated rings. The van der Waals surface area contributed by atoms with Gasteiger partial charge < -0.3 is 9.42 Å². The van der Waals surface area contributed by atoms with Crippen LogP contribution in [0.25, 0.3) is 0 Å². The SMILES string of the molecule is CN(C[C@@H]1CCCN(C)[C@H]1c1ccnn1C)c1noc(C(C)(C)C)n1. The number of hydrogen-bond acceptors (Lipinski definition) is 6. The zero-order chi connectivity index (χ0) is 18.2. The van der Waals surface area contributed by atoms with Gasteiger partial charge in [0.25, 0.3) is 5.95 Å². The van der Waals surface area contributed by atoms with Crippen LogP contribution < -0.4 is 4.90 Å². The lowest BCUT2D eigenvalue weighted by Crippen LogP contribution is -2.42. The molecule has 138 valence electrons. The first-order valence-electron chi connectivity index (χ1n) is 9.01. The number of likely N-dealkylation sites (tertiary alicyclic amines) is 1. The summed E-state index contributed by atoms with van der Waals surface area (Å²) >= 11 is 0. The molecule has 2 aromatic heterocycles. The maximum absolute atomic E-state index is 5.45. The summed E-state index contributed by atoms with van der Waals surface area (Å²) < 4.78 is 7.44. The van der Waals surface area contributed by atoms with Gasteiger partial charge in [-0.1, -0.05) is 20.8 Å². The Bertz CT molecular complexity index is 700. The highest BCUT2D eigenvalue weighted by atomic mass is 16.5. The number of nitrogens with zero attached hydrogens (tertiary/aromatic N) is 6. The van der Waals surface area contributed by atoms with Crippen molar-refractivity contribution in [1.82, 2.24) is 24.8 Å². The van der Waals surface area contributed by atoms with Crippen LogP contribution in [0.3, 0.4) is 0 Å². The average molecular weight is 346 g/mol. The van der Waals surface area contributed by atoms with Crippen molar-refractivity contribution in [1.29, 1.82) is 0 Å². The molecule has 0 bridgehead atoms. The summed E-state index contributed by atoms with van der Waals surface area (Å²) in [4.78, 5) is 9.15. The molecular weight excluding hydrogens is 316 g/mol. The Kier molecular flexibility index (Phi) is 4.86. The summed E-state index contributed by atoms with van der Waals surface area (Å²) in [7, 11) is 6.27. The smallest absolute Gasteiger partial charge is 0.265 e. The van der Waals surface area contributed by atoms with Gasteiger partial charge in [-0.25, -0.2) is 0 Å². The third kappa shape index (κ3) is 3.71. The zero-order valence-electron chi connectivity index (χ0n) is 16.2. The van der Waals surface area contributed by atoms with E-state index in [1.54, 1.807) is 0 Å². The van der Waals surface area contributed by atoms with E-state index in [4.69, 9.17) is 4.52 Å². The molecule has 1 aliphatic rings. The second-order valence-electron chi connectivity index (χ2n) is 8.24. The minimum atomic E-state index is -0.131. The van der Waals surface area contributed by atoms with Gasteiger partial charge >= 0.3 is 0 Å². The van der Waals surface area contributed by atoms with E-state index in [2.05, 4.69) is 58.9 Å². The van der Waals surface area contributed by atoms with Gasteiger partial charge in [-0.3, -0.25) is 9.58 Å². The topological polar surface area (TPSA) is 63.2 Å². The predicted octanol–water partition coefficient (Wildman–Crippen LogP) is 2.62. The number of aryl methyl sites for hydroxylation is 1. The second kappa shape index (κ2) is 6.78. The van der Waals surface area contributed by atoms with Gasteiger partial charge in [0.2, 0.25) is 5.89 Å². The Labute approximate surface area is 150 Å². The largest absolute Gasteiger partial charge is 0.341 e. The van der Waals surface area contributed by atoms with E-state index in [-0.39, 0.29) is 5.41 Å². The van der Waals surface area contributed by atoms with Crippen LogP contribution in [0, 0.1) is 5.92 Å². The minimum absolute atomic E-state index is 0.131. The van der Waals surface area contributed by atoms with Gasteiger partial charge in [0.05, 0.1) is 11.7 Å². The molecule has 2 aromatic rings. The van der Waals surface area contributed by atoms with Crippen LogP contribution in [0.15, 0.2) is 16.8 Å². The summed E-state index contributed by atoms with van der Waals surface area (Å²) in [6, 6.07) is 2.49. The van der Waals surface area contributed by atoms with Crippen LogP contribution in [-0.4, -0.2) is 52.0 Å². The van der Waals surface area contributed by atoms with Crippen molar-refractivity contribution in [3.63, 3.8) is 0 Å². The second-order valence-corrected chi connectivity index (χ2v) is 8.24. The molecule has 0 spiro atoms. The molecule has 0 unspecified atom stereocenters. The van der Waals surface area contributed by atoms with Crippen molar-refractivity contribution in [2.75, 3.05) is 32.1 Å². The molecule has 2 atom stereocenters. The summed E-state index contributed by atoms with van der Waals surface area (Å²) in [5.41, 5.74) is 1.14. The monoisotopic (exact) mass is 346 g/mol. The lowest BCUT2D eigenvalue weighted by atomic mass is 9.87. The van der Waals surface area contributed by atoms with Crippen LogP contribution in [-0.2, 0) is 12.5 Å². The van der Waals surface area contributed by atoms with Crippen molar-refractivity contribution >= 4 is 5.95 Å². The van der Waals surface area contributed by atoms with Crippen molar-refractivity contribution in [2.24, 2.45) is 13.0 Å². The first kappa shape index (κ1) is 17.9. The van der Waals surface area contributed by atoms with Crippen molar-refractivity contribution in [3.8, 4) is 0 Å². The van der Waals surface area contributed by atoms with Crippen LogP contribution in [0.2, 0.25) is 0 Å². The number of piperidine rings is 1. The molecule has 7 heteroatoms. The lowest BCUT2D eigenvalue weighted by Gasteiger charge is -2.40. The molecule has 0 aliphatic carbocycles. The fourth-order valence-corrected chi connectivity index (χ4v) is 3.70. The van der Waals surface area contributed by atoms with Gasteiger partial charge in [-0.15, -0.1) is 0 Å². The Morgan fingerprint density at radius 3 is 2.68 bits per heavy atom. The van der Waals surface area contributed by atoms with E-state index < -0.39 is 0 Å². The maximum Gasteiger partial charge on any atom is 0.265 e. The van der Waals surface area contributed by atoms with Gasteiger partial charge in [0.15, 0.2) is 0 Å². The molecule has 25 heavy (non-hydrogen) atoms. The molecule has 3 rings (SSSR count). The van der Waals surface area contributed by atoms with E-state index >= 15 is 0 Å². The predicted molar refractivity (Wildman–Crippen MR) is 97.6 cm³/mol. The van der Waals surface area contributed by atoms with Gasteiger partial charge in [-0.05, 0) is 43.6 Å². The molecule has 1 aliphatic heterocycles. The maximum atomic E-state index is 5.45. The third-order valence-corrected chi connectivity index (χ3v) is 5.08. The first-order valence-corrected chi connectivity index (χ1v) is 9.01. The molecule has 7 nitrogen and oxygen atoms in total. The average Bonchev–Trinajstić information content (AvgIpc) is 3.16. The molecule has 0 aromatic carbocycles. The number of aromatic nitrogens is 4. The van der Waals surface area contributed by atoms with Crippen molar-refractivity contribution < 1.29 is 4.52 Å². The van der Waals surface area contributed by atoms with Gasteiger partial charge in [-0.2, -0.15) is 10.1 Å². The number of rotatable bonds is 4. The first-order chi connectivity index (χ1) is 11.8. The summed E-state index contributed by atoms with van der Waals surface area (Å²) in [5, 5.41) is 8.55. The highest BCUT2D eigenvalue weighted by Crippen LogP contribution is 2.35. The third-order valence-electron chi connectivity index (χ3n) is 5.08. The summed E-state index contributed by atoms with van der Waals surface area (Å²) in [6.45, 7) is 8.26. The van der Waals surface area contributed by atoms with Gasteiger partial charge in [0.1, 0.15) is 0 Å². The molecule has 1 saturated heterocycles. The lowest BCUT2D eigenvalue weighted by molar-refractivity contribution is 0.117. The molecule has 3 heterocycles. The van der Waals surface area contributed by atoms with Crippen molar-refractivity contribution in [2.45, 2.75) is 45.1 Å². The molecule has 0 amide bonds. The van der Waals surface area contributed by atoms with E-state index in [0.29, 0.717) is 23.8 Å². The van der Waals surface area contributed by atoms with Crippen LogP contribution in [0.4, 0.5) is 5.95 Å². The summed E-state index contributed by atoms with van der Waals surface area (Å²) in [5.74, 6) is 1.84. The van der Waals surface area contributed by atoms with Crippen LogP contribution in [0.1, 0.15) is 51.2 Å². The van der Waals surface area contributed by atoms with E-state index in [9.17, 15) is 0 Å². The Hall–Kier alpha value is -1.89.